The van der Waals surface area contributed by atoms with E-state index in [1.165, 1.54) is 12.0 Å². The zero-order valence-electron chi connectivity index (χ0n) is 16.8. The molecule has 1 saturated heterocycles. The maximum absolute atomic E-state index is 12.4. The van der Waals surface area contributed by atoms with Gasteiger partial charge in [0, 0.05) is 42.8 Å². The van der Waals surface area contributed by atoms with E-state index in [1.54, 1.807) is 6.08 Å². The Morgan fingerprint density at radius 1 is 1.33 bits per heavy atom. The minimum atomic E-state index is -0.0406. The van der Waals surface area contributed by atoms with Crippen LogP contribution in [-0.2, 0) is 11.2 Å². The van der Waals surface area contributed by atoms with Crippen molar-refractivity contribution in [1.82, 2.24) is 10.2 Å². The van der Waals surface area contributed by atoms with Gasteiger partial charge in [0.05, 0.1) is 6.61 Å². The summed E-state index contributed by atoms with van der Waals surface area (Å²) in [5.74, 6) is 1.67. The van der Waals surface area contributed by atoms with Gasteiger partial charge in [-0.3, -0.25) is 4.79 Å². The van der Waals surface area contributed by atoms with Crippen LogP contribution in [-0.4, -0.2) is 49.2 Å². The molecule has 1 aromatic carbocycles. The van der Waals surface area contributed by atoms with Gasteiger partial charge in [-0.05, 0) is 57.9 Å². The molecule has 1 N–H and O–H groups in total. The van der Waals surface area contributed by atoms with Crippen LogP contribution >= 0.6 is 0 Å². The molecule has 148 valence electrons. The molecule has 0 radical (unpaired) electrons. The van der Waals surface area contributed by atoms with Gasteiger partial charge in [-0.15, -0.1) is 0 Å². The van der Waals surface area contributed by atoms with Crippen LogP contribution in [0.5, 0.6) is 11.5 Å². The fourth-order valence-electron chi connectivity index (χ4n) is 3.90. The summed E-state index contributed by atoms with van der Waals surface area (Å²) < 4.78 is 11.6. The SMILES string of the molecule is CCCN1CCC(NC(=O)/C=C/c2cc3c(cc2OCC)CC(C)O3)CC1. The number of nitrogens with zero attached hydrogens (tertiary/aromatic N) is 1. The lowest BCUT2D eigenvalue weighted by atomic mass is 10.0. The number of carbonyl (C=O) groups is 1. The molecule has 1 unspecified atom stereocenters. The number of fused-ring (bicyclic) bond motifs is 1. The Bertz CT molecular complexity index is 678. The normalized spacial score (nSPS) is 20.5. The molecule has 5 heteroatoms. The minimum Gasteiger partial charge on any atom is -0.493 e. The molecule has 1 fully saturated rings. The lowest BCUT2D eigenvalue weighted by molar-refractivity contribution is -0.117. The zero-order chi connectivity index (χ0) is 19.2. The highest BCUT2D eigenvalue weighted by molar-refractivity contribution is 5.92. The van der Waals surface area contributed by atoms with Crippen LogP contribution in [0, 0.1) is 0 Å². The molecule has 0 aliphatic carbocycles. The summed E-state index contributed by atoms with van der Waals surface area (Å²) in [6, 6.07) is 4.30. The van der Waals surface area contributed by atoms with Gasteiger partial charge in [-0.25, -0.2) is 0 Å². The zero-order valence-corrected chi connectivity index (χ0v) is 16.8. The highest BCUT2D eigenvalue weighted by atomic mass is 16.5. The fourth-order valence-corrected chi connectivity index (χ4v) is 3.90. The highest BCUT2D eigenvalue weighted by Gasteiger charge is 2.22. The number of rotatable bonds is 7. The van der Waals surface area contributed by atoms with Crippen molar-refractivity contribution in [3.05, 3.63) is 29.3 Å². The number of amides is 1. The van der Waals surface area contributed by atoms with Crippen molar-refractivity contribution in [3.8, 4) is 11.5 Å². The summed E-state index contributed by atoms with van der Waals surface area (Å²) in [4.78, 5) is 14.8. The van der Waals surface area contributed by atoms with Gasteiger partial charge in [0.2, 0.25) is 5.91 Å². The van der Waals surface area contributed by atoms with Crippen molar-refractivity contribution in [2.45, 2.75) is 58.6 Å². The minimum absolute atomic E-state index is 0.0406. The van der Waals surface area contributed by atoms with Gasteiger partial charge in [0.1, 0.15) is 17.6 Å². The number of hydrogen-bond acceptors (Lipinski definition) is 4. The van der Waals surface area contributed by atoms with E-state index in [4.69, 9.17) is 9.47 Å². The third-order valence-corrected chi connectivity index (χ3v) is 5.22. The van der Waals surface area contributed by atoms with E-state index >= 15 is 0 Å². The molecule has 1 atom stereocenters. The van der Waals surface area contributed by atoms with Crippen LogP contribution in [0.2, 0.25) is 0 Å². The van der Waals surface area contributed by atoms with Crippen LogP contribution in [0.4, 0.5) is 0 Å². The standard InChI is InChI=1S/C22H32N2O3/c1-4-10-24-11-8-19(9-12-24)23-22(25)7-6-17-14-21-18(13-16(3)27-21)15-20(17)26-5-2/h6-7,14-16,19H,4-5,8-13H2,1-3H3,(H,23,25)/b7-6+. The molecule has 0 aromatic heterocycles. The van der Waals surface area contributed by atoms with Gasteiger partial charge >= 0.3 is 0 Å². The van der Waals surface area contributed by atoms with E-state index in [2.05, 4.69) is 24.1 Å². The molecule has 27 heavy (non-hydrogen) atoms. The fraction of sp³-hybridized carbons (Fsp3) is 0.591. The van der Waals surface area contributed by atoms with Crippen molar-refractivity contribution in [3.63, 3.8) is 0 Å². The van der Waals surface area contributed by atoms with Gasteiger partial charge < -0.3 is 19.7 Å². The Labute approximate surface area is 162 Å². The van der Waals surface area contributed by atoms with Crippen LogP contribution in [0.3, 0.4) is 0 Å². The predicted octanol–water partition coefficient (Wildman–Crippen LogP) is 3.41. The molecular formula is C22H32N2O3. The molecule has 1 amide bonds. The van der Waals surface area contributed by atoms with Crippen LogP contribution in [0.1, 0.15) is 51.2 Å². The first-order chi connectivity index (χ1) is 13.1. The van der Waals surface area contributed by atoms with E-state index in [0.29, 0.717) is 6.61 Å². The first-order valence-corrected chi connectivity index (χ1v) is 10.3. The van der Waals surface area contributed by atoms with Crippen molar-refractivity contribution in [2.75, 3.05) is 26.2 Å². The molecule has 2 aliphatic rings. The Balaban J connectivity index is 1.60. The second-order valence-electron chi connectivity index (χ2n) is 7.52. The summed E-state index contributed by atoms with van der Waals surface area (Å²) in [6.07, 6.45) is 7.76. The van der Waals surface area contributed by atoms with Gasteiger partial charge in [-0.1, -0.05) is 6.92 Å². The monoisotopic (exact) mass is 372 g/mol. The molecule has 0 saturated carbocycles. The first-order valence-electron chi connectivity index (χ1n) is 10.3. The van der Waals surface area contributed by atoms with Crippen molar-refractivity contribution in [2.24, 2.45) is 0 Å². The summed E-state index contributed by atoms with van der Waals surface area (Å²) in [7, 11) is 0. The summed E-state index contributed by atoms with van der Waals surface area (Å²) in [6.45, 7) is 10.1. The third-order valence-electron chi connectivity index (χ3n) is 5.22. The molecule has 2 heterocycles. The number of ether oxygens (including phenoxy) is 2. The Morgan fingerprint density at radius 3 is 2.81 bits per heavy atom. The number of piperidine rings is 1. The average Bonchev–Trinajstić information content (AvgIpc) is 3.01. The molecule has 0 spiro atoms. The lowest BCUT2D eigenvalue weighted by Crippen LogP contribution is -2.44. The summed E-state index contributed by atoms with van der Waals surface area (Å²) in [5, 5.41) is 3.14. The van der Waals surface area contributed by atoms with Crippen LogP contribution in [0.15, 0.2) is 18.2 Å². The molecule has 0 bridgehead atoms. The van der Waals surface area contributed by atoms with Crippen LogP contribution in [0.25, 0.3) is 6.08 Å². The van der Waals surface area contributed by atoms with Crippen LogP contribution < -0.4 is 14.8 Å². The Morgan fingerprint density at radius 2 is 2.11 bits per heavy atom. The smallest absolute Gasteiger partial charge is 0.244 e. The maximum atomic E-state index is 12.4. The Hall–Kier alpha value is -2.01. The van der Waals surface area contributed by atoms with Crippen molar-refractivity contribution >= 4 is 12.0 Å². The summed E-state index contributed by atoms with van der Waals surface area (Å²) in [5.41, 5.74) is 2.06. The Kier molecular flexibility index (Phi) is 6.78. The second-order valence-corrected chi connectivity index (χ2v) is 7.52. The number of benzene rings is 1. The third kappa shape index (κ3) is 5.25. The molecule has 5 nitrogen and oxygen atoms in total. The average molecular weight is 373 g/mol. The summed E-state index contributed by atoms with van der Waals surface area (Å²) >= 11 is 0. The molecule has 2 aliphatic heterocycles. The predicted molar refractivity (Wildman–Crippen MR) is 108 cm³/mol. The first kappa shape index (κ1) is 19.7. The van der Waals surface area contributed by atoms with Crippen molar-refractivity contribution < 1.29 is 14.3 Å². The van der Waals surface area contributed by atoms with E-state index in [0.717, 1.165) is 56.0 Å². The highest BCUT2D eigenvalue weighted by Crippen LogP contribution is 2.35. The molecule has 3 rings (SSSR count). The number of carbonyl (C=O) groups excluding carboxylic acids is 1. The maximum Gasteiger partial charge on any atom is 0.244 e. The number of hydrogen-bond donors (Lipinski definition) is 1. The van der Waals surface area contributed by atoms with Crippen molar-refractivity contribution in [1.29, 1.82) is 0 Å². The molecular weight excluding hydrogens is 340 g/mol. The molecule has 1 aromatic rings. The van der Waals surface area contributed by atoms with Gasteiger partial charge in [-0.2, -0.15) is 0 Å². The van der Waals surface area contributed by atoms with E-state index in [-0.39, 0.29) is 18.1 Å². The van der Waals surface area contributed by atoms with Gasteiger partial charge in [0.25, 0.3) is 0 Å². The topological polar surface area (TPSA) is 50.8 Å². The van der Waals surface area contributed by atoms with E-state index in [1.807, 2.05) is 25.1 Å². The lowest BCUT2D eigenvalue weighted by Gasteiger charge is -2.31. The van der Waals surface area contributed by atoms with E-state index < -0.39 is 0 Å². The number of nitrogens with one attached hydrogen (secondary N) is 1. The van der Waals surface area contributed by atoms with Gasteiger partial charge in [0.15, 0.2) is 0 Å². The van der Waals surface area contributed by atoms with E-state index in [9.17, 15) is 4.79 Å². The largest absolute Gasteiger partial charge is 0.493 e. The quantitative estimate of drug-likeness (QED) is 0.745. The second kappa shape index (κ2) is 9.27. The number of likely N-dealkylation sites (tertiary alicyclic amines) is 1.